The van der Waals surface area contributed by atoms with Crippen LogP contribution in [0.5, 0.6) is 11.6 Å². The predicted octanol–water partition coefficient (Wildman–Crippen LogP) is 5.58. The van der Waals surface area contributed by atoms with Gasteiger partial charge >= 0.3 is 0 Å². The Bertz CT molecular complexity index is 794. The monoisotopic (exact) mass is 351 g/mol. The van der Waals surface area contributed by atoms with Crippen molar-refractivity contribution in [3.05, 3.63) is 64.0 Å². The number of benzene rings is 2. The summed E-state index contributed by atoms with van der Waals surface area (Å²) >= 11 is 9.29. The lowest BCUT2D eigenvalue weighted by Gasteiger charge is -2.09. The molecule has 0 unspecified atom stereocenters. The molecule has 0 aliphatic rings. The van der Waals surface area contributed by atoms with Crippen LogP contribution in [0.25, 0.3) is 10.8 Å². The molecule has 0 saturated heterocycles. The first-order valence-corrected chi connectivity index (χ1v) is 6.98. The summed E-state index contributed by atoms with van der Waals surface area (Å²) in [4.78, 5) is 3.93. The van der Waals surface area contributed by atoms with E-state index in [2.05, 4.69) is 20.9 Å². The third kappa shape index (κ3) is 2.49. The van der Waals surface area contributed by atoms with Gasteiger partial charge in [-0.3, -0.25) is 0 Å². The Labute approximate surface area is 128 Å². The van der Waals surface area contributed by atoms with Crippen molar-refractivity contribution in [3.8, 4) is 11.6 Å². The van der Waals surface area contributed by atoms with Crippen LogP contribution in [-0.2, 0) is 0 Å². The molecule has 3 aromatic rings. The highest BCUT2D eigenvalue weighted by atomic mass is 79.9. The maximum Gasteiger partial charge on any atom is 0.255 e. The van der Waals surface area contributed by atoms with E-state index in [1.54, 1.807) is 12.1 Å². The van der Waals surface area contributed by atoms with Gasteiger partial charge in [-0.2, -0.15) is 0 Å². The molecule has 3 rings (SSSR count). The van der Waals surface area contributed by atoms with E-state index < -0.39 is 5.82 Å². The van der Waals surface area contributed by atoms with Gasteiger partial charge in [0.05, 0.1) is 0 Å². The summed E-state index contributed by atoms with van der Waals surface area (Å²) in [5, 5.41) is 2.28. The molecule has 0 spiro atoms. The van der Waals surface area contributed by atoms with Crippen molar-refractivity contribution in [2.45, 2.75) is 0 Å². The quantitative estimate of drug-likeness (QED) is 0.600. The molecule has 0 saturated carbocycles. The van der Waals surface area contributed by atoms with Gasteiger partial charge in [-0.05, 0) is 34.1 Å². The Morgan fingerprint density at radius 2 is 1.85 bits per heavy atom. The molecule has 20 heavy (non-hydrogen) atoms. The molecular weight excluding hydrogens is 345 g/mol. The summed E-state index contributed by atoms with van der Waals surface area (Å²) in [6, 6.07) is 12.2. The van der Waals surface area contributed by atoms with Crippen molar-refractivity contribution >= 4 is 38.3 Å². The van der Waals surface area contributed by atoms with Crippen molar-refractivity contribution < 1.29 is 9.13 Å². The largest absolute Gasteiger partial charge is 0.436 e. The molecule has 0 atom stereocenters. The summed E-state index contributed by atoms with van der Waals surface area (Å²) in [5.74, 6) is -0.0854. The summed E-state index contributed by atoms with van der Waals surface area (Å²) < 4.78 is 19.9. The fourth-order valence-corrected chi connectivity index (χ4v) is 2.44. The van der Waals surface area contributed by atoms with Crippen LogP contribution in [-0.4, -0.2) is 4.98 Å². The number of aromatic nitrogens is 1. The van der Waals surface area contributed by atoms with Crippen LogP contribution in [0.15, 0.2) is 53.1 Å². The fourth-order valence-electron chi connectivity index (χ4n) is 1.90. The second kappa shape index (κ2) is 5.38. The van der Waals surface area contributed by atoms with E-state index in [0.717, 1.165) is 10.8 Å². The number of hydrogen-bond acceptors (Lipinski definition) is 2. The number of rotatable bonds is 2. The van der Waals surface area contributed by atoms with Gasteiger partial charge in [0.1, 0.15) is 5.75 Å². The minimum atomic E-state index is -0.529. The maximum absolute atomic E-state index is 13.8. The SMILES string of the molecule is Fc1cc(Br)cnc1Oc1ccc(Cl)c2ccccc12. The van der Waals surface area contributed by atoms with Gasteiger partial charge < -0.3 is 4.74 Å². The third-order valence-corrected chi connectivity index (χ3v) is 3.57. The summed E-state index contributed by atoms with van der Waals surface area (Å²) in [5.41, 5.74) is 0. The Hall–Kier alpha value is -1.65. The lowest BCUT2D eigenvalue weighted by Crippen LogP contribution is -1.93. The predicted molar refractivity (Wildman–Crippen MR) is 80.9 cm³/mol. The van der Waals surface area contributed by atoms with Crippen molar-refractivity contribution in [1.82, 2.24) is 4.98 Å². The molecule has 2 aromatic carbocycles. The van der Waals surface area contributed by atoms with Crippen LogP contribution in [0.3, 0.4) is 0 Å². The normalized spacial score (nSPS) is 10.8. The number of pyridine rings is 1. The van der Waals surface area contributed by atoms with Crippen molar-refractivity contribution in [2.24, 2.45) is 0 Å². The Balaban J connectivity index is 2.09. The van der Waals surface area contributed by atoms with Crippen molar-refractivity contribution in [1.29, 1.82) is 0 Å². The third-order valence-electron chi connectivity index (χ3n) is 2.81. The highest BCUT2D eigenvalue weighted by Gasteiger charge is 2.10. The molecule has 0 aliphatic carbocycles. The second-order valence-corrected chi connectivity index (χ2v) is 5.46. The van der Waals surface area contributed by atoms with Crippen molar-refractivity contribution in [2.75, 3.05) is 0 Å². The van der Waals surface area contributed by atoms with Gasteiger partial charge in [0.2, 0.25) is 0 Å². The molecule has 0 radical (unpaired) electrons. The van der Waals surface area contributed by atoms with Crippen LogP contribution in [0.2, 0.25) is 5.02 Å². The molecule has 0 bridgehead atoms. The molecule has 0 aliphatic heterocycles. The zero-order valence-electron chi connectivity index (χ0n) is 10.1. The van der Waals surface area contributed by atoms with E-state index in [4.69, 9.17) is 16.3 Å². The smallest absolute Gasteiger partial charge is 0.255 e. The summed E-state index contributed by atoms with van der Waals surface area (Å²) in [6.07, 6.45) is 1.48. The maximum atomic E-state index is 13.8. The van der Waals surface area contributed by atoms with Gasteiger partial charge in [-0.25, -0.2) is 9.37 Å². The van der Waals surface area contributed by atoms with E-state index in [9.17, 15) is 4.39 Å². The molecule has 2 nitrogen and oxygen atoms in total. The van der Waals surface area contributed by atoms with Crippen LogP contribution in [0.1, 0.15) is 0 Å². The minimum absolute atomic E-state index is 0.0688. The van der Waals surface area contributed by atoms with Gasteiger partial charge in [-0.15, -0.1) is 0 Å². The zero-order chi connectivity index (χ0) is 14.1. The van der Waals surface area contributed by atoms with Gasteiger partial charge in [-0.1, -0.05) is 35.9 Å². The average molecular weight is 353 g/mol. The average Bonchev–Trinajstić information content (AvgIpc) is 2.45. The summed E-state index contributed by atoms with van der Waals surface area (Å²) in [7, 11) is 0. The van der Waals surface area contributed by atoms with Crippen LogP contribution >= 0.6 is 27.5 Å². The van der Waals surface area contributed by atoms with E-state index in [1.807, 2.05) is 24.3 Å². The number of nitrogens with zero attached hydrogens (tertiary/aromatic N) is 1. The topological polar surface area (TPSA) is 22.1 Å². The van der Waals surface area contributed by atoms with Crippen LogP contribution in [0.4, 0.5) is 4.39 Å². The van der Waals surface area contributed by atoms with E-state index in [1.165, 1.54) is 12.3 Å². The molecule has 1 aromatic heterocycles. The standard InChI is InChI=1S/C15H8BrClFNO/c16-9-7-13(18)15(19-8-9)20-14-6-5-12(17)10-3-1-2-4-11(10)14/h1-8H. The van der Waals surface area contributed by atoms with Crippen LogP contribution < -0.4 is 4.74 Å². The van der Waals surface area contributed by atoms with Gasteiger partial charge in [0.15, 0.2) is 5.82 Å². The molecule has 0 N–H and O–H groups in total. The molecule has 100 valence electrons. The van der Waals surface area contributed by atoms with Gasteiger partial charge in [0.25, 0.3) is 5.88 Å². The molecule has 0 amide bonds. The van der Waals surface area contributed by atoms with E-state index >= 15 is 0 Å². The fraction of sp³-hybridized carbons (Fsp3) is 0. The highest BCUT2D eigenvalue weighted by Crippen LogP contribution is 2.34. The number of fused-ring (bicyclic) bond motifs is 1. The lowest BCUT2D eigenvalue weighted by molar-refractivity contribution is 0.426. The first-order valence-electron chi connectivity index (χ1n) is 5.81. The number of ether oxygens (including phenoxy) is 1. The molecular formula is C15H8BrClFNO. The Kier molecular flexibility index (Phi) is 3.59. The first-order chi connectivity index (χ1) is 9.65. The highest BCUT2D eigenvalue weighted by molar-refractivity contribution is 9.10. The first kappa shape index (κ1) is 13.3. The number of halogens is 3. The number of hydrogen-bond donors (Lipinski definition) is 0. The van der Waals surface area contributed by atoms with E-state index in [-0.39, 0.29) is 5.88 Å². The van der Waals surface area contributed by atoms with Gasteiger partial charge in [0, 0.05) is 26.5 Å². The molecule has 0 fully saturated rings. The Morgan fingerprint density at radius 3 is 2.60 bits per heavy atom. The zero-order valence-corrected chi connectivity index (χ0v) is 12.5. The lowest BCUT2D eigenvalue weighted by atomic mass is 10.1. The summed E-state index contributed by atoms with van der Waals surface area (Å²) in [6.45, 7) is 0. The Morgan fingerprint density at radius 1 is 1.10 bits per heavy atom. The molecule has 5 heteroatoms. The van der Waals surface area contributed by atoms with E-state index in [0.29, 0.717) is 15.2 Å². The van der Waals surface area contributed by atoms with Crippen LogP contribution in [0, 0.1) is 5.82 Å². The van der Waals surface area contributed by atoms with Crippen molar-refractivity contribution in [3.63, 3.8) is 0 Å². The second-order valence-electron chi connectivity index (χ2n) is 4.13. The molecule has 1 heterocycles. The minimum Gasteiger partial charge on any atom is -0.436 e.